The summed E-state index contributed by atoms with van der Waals surface area (Å²) in [5.74, 6) is 0.274. The second kappa shape index (κ2) is 5.64. The Balaban J connectivity index is 2.36. The third kappa shape index (κ3) is 3.19. The van der Waals surface area contributed by atoms with Gasteiger partial charge in [-0.25, -0.2) is 0 Å². The minimum Gasteiger partial charge on any atom is -0.307 e. The summed E-state index contributed by atoms with van der Waals surface area (Å²) < 4.78 is 2.24. The van der Waals surface area contributed by atoms with E-state index in [0.29, 0.717) is 20.3 Å². The lowest BCUT2D eigenvalue weighted by Gasteiger charge is -2.05. The number of hydrogen-bond donors (Lipinski definition) is 1. The predicted octanol–water partition coefficient (Wildman–Crippen LogP) is 2.99. The first-order valence-corrected chi connectivity index (χ1v) is 7.46. The first kappa shape index (κ1) is 14.6. The van der Waals surface area contributed by atoms with Crippen molar-refractivity contribution in [1.82, 2.24) is 15.1 Å². The lowest BCUT2D eigenvalue weighted by Crippen LogP contribution is -2.17. The summed E-state index contributed by atoms with van der Waals surface area (Å²) in [5.41, 5.74) is 1.59. The number of thioether (sulfide) groups is 1. The zero-order valence-electron chi connectivity index (χ0n) is 10.9. The Morgan fingerprint density at radius 1 is 1.58 bits per heavy atom. The average molecular weight is 316 g/mol. The molecule has 1 amide bonds. The van der Waals surface area contributed by atoms with Crippen LogP contribution in [0.25, 0.3) is 6.08 Å². The topological polar surface area (TPSA) is 46.9 Å². The van der Waals surface area contributed by atoms with Gasteiger partial charge in [0.2, 0.25) is 0 Å². The second-order valence-electron chi connectivity index (χ2n) is 4.72. The van der Waals surface area contributed by atoms with Crippen molar-refractivity contribution in [3.63, 3.8) is 0 Å². The summed E-state index contributed by atoms with van der Waals surface area (Å²) in [6.07, 6.45) is 1.75. The molecule has 0 aromatic carbocycles. The molecule has 1 aliphatic heterocycles. The fourth-order valence-corrected chi connectivity index (χ4v) is 3.07. The molecule has 0 atom stereocenters. The van der Waals surface area contributed by atoms with E-state index in [4.69, 9.17) is 23.8 Å². The highest BCUT2D eigenvalue weighted by molar-refractivity contribution is 8.26. The van der Waals surface area contributed by atoms with Crippen LogP contribution >= 0.6 is 35.6 Å². The molecule has 1 aliphatic rings. The fourth-order valence-electron chi connectivity index (χ4n) is 1.75. The molecule has 4 nitrogen and oxygen atoms in total. The summed E-state index contributed by atoms with van der Waals surface area (Å²) >= 11 is 12.5. The summed E-state index contributed by atoms with van der Waals surface area (Å²) in [6.45, 7) is 6.83. The average Bonchev–Trinajstić information content (AvgIpc) is 2.73. The van der Waals surface area contributed by atoms with Gasteiger partial charge in [0.15, 0.2) is 0 Å². The number of halogens is 1. The van der Waals surface area contributed by atoms with Crippen LogP contribution in [0.1, 0.15) is 25.1 Å². The van der Waals surface area contributed by atoms with Crippen LogP contribution in [0, 0.1) is 12.8 Å². The van der Waals surface area contributed by atoms with Crippen molar-refractivity contribution in [2.24, 2.45) is 5.92 Å². The van der Waals surface area contributed by atoms with Crippen molar-refractivity contribution >= 4 is 51.9 Å². The number of amides is 1. The Labute approximate surface area is 126 Å². The summed E-state index contributed by atoms with van der Waals surface area (Å²) in [6, 6.07) is 0. The highest BCUT2D eigenvalue weighted by Gasteiger charge is 2.23. The number of aromatic nitrogens is 2. The molecule has 19 heavy (non-hydrogen) atoms. The van der Waals surface area contributed by atoms with Gasteiger partial charge in [-0.05, 0) is 18.9 Å². The van der Waals surface area contributed by atoms with E-state index in [1.54, 1.807) is 10.8 Å². The fraction of sp³-hybridized carbons (Fsp3) is 0.417. The number of rotatable bonds is 3. The third-order valence-electron chi connectivity index (χ3n) is 2.56. The molecule has 0 unspecified atom stereocenters. The number of hydrogen-bond acceptors (Lipinski definition) is 4. The molecule has 0 bridgehead atoms. The molecule has 102 valence electrons. The van der Waals surface area contributed by atoms with E-state index in [1.807, 2.05) is 6.92 Å². The highest BCUT2D eigenvalue weighted by atomic mass is 35.5. The van der Waals surface area contributed by atoms with Crippen molar-refractivity contribution in [2.45, 2.75) is 27.3 Å². The molecule has 1 aromatic heterocycles. The van der Waals surface area contributed by atoms with Gasteiger partial charge in [0.1, 0.15) is 9.47 Å². The Kier molecular flexibility index (Phi) is 4.32. The molecule has 1 N–H and O–H groups in total. The zero-order chi connectivity index (χ0) is 14.2. The van der Waals surface area contributed by atoms with Gasteiger partial charge in [-0.1, -0.05) is 49.4 Å². The lowest BCUT2D eigenvalue weighted by molar-refractivity contribution is -0.115. The molecule has 0 spiro atoms. The van der Waals surface area contributed by atoms with E-state index in [2.05, 4.69) is 24.3 Å². The minimum absolute atomic E-state index is 0.179. The summed E-state index contributed by atoms with van der Waals surface area (Å²) in [5, 5.41) is 7.54. The third-order valence-corrected chi connectivity index (χ3v) is 4.13. The predicted molar refractivity (Wildman–Crippen MR) is 83.1 cm³/mol. The van der Waals surface area contributed by atoms with Crippen molar-refractivity contribution in [3.8, 4) is 0 Å². The van der Waals surface area contributed by atoms with E-state index in [0.717, 1.165) is 17.8 Å². The summed E-state index contributed by atoms with van der Waals surface area (Å²) in [4.78, 5) is 12.2. The van der Waals surface area contributed by atoms with Crippen LogP contribution in [-0.2, 0) is 11.3 Å². The molecular formula is C12H14ClN3OS2. The largest absolute Gasteiger partial charge is 0.307 e. The number of nitrogens with one attached hydrogen (secondary N) is 1. The highest BCUT2D eigenvalue weighted by Crippen LogP contribution is 2.30. The molecule has 2 heterocycles. The molecule has 1 saturated heterocycles. The molecule has 1 aromatic rings. The molecule has 2 rings (SSSR count). The Bertz CT molecular complexity index is 578. The van der Waals surface area contributed by atoms with Gasteiger partial charge in [0, 0.05) is 12.1 Å². The smallest absolute Gasteiger partial charge is 0.263 e. The van der Waals surface area contributed by atoms with Gasteiger partial charge in [-0.2, -0.15) is 5.10 Å². The lowest BCUT2D eigenvalue weighted by atomic mass is 10.2. The van der Waals surface area contributed by atoms with Gasteiger partial charge in [-0.15, -0.1) is 0 Å². The van der Waals surface area contributed by atoms with E-state index < -0.39 is 0 Å². The van der Waals surface area contributed by atoms with Crippen molar-refractivity contribution in [2.75, 3.05) is 0 Å². The first-order valence-electron chi connectivity index (χ1n) is 5.86. The monoisotopic (exact) mass is 315 g/mol. The van der Waals surface area contributed by atoms with Gasteiger partial charge in [0.05, 0.1) is 10.6 Å². The van der Waals surface area contributed by atoms with Crippen LogP contribution in [0.2, 0.25) is 5.15 Å². The zero-order valence-corrected chi connectivity index (χ0v) is 13.2. The van der Waals surface area contributed by atoms with Crippen LogP contribution < -0.4 is 5.32 Å². The van der Waals surface area contributed by atoms with E-state index in [-0.39, 0.29) is 5.91 Å². The van der Waals surface area contributed by atoms with Gasteiger partial charge in [0.25, 0.3) is 5.91 Å². The van der Waals surface area contributed by atoms with Crippen molar-refractivity contribution < 1.29 is 4.79 Å². The number of nitrogens with zero attached hydrogens (tertiary/aromatic N) is 2. The van der Waals surface area contributed by atoms with E-state index >= 15 is 0 Å². The van der Waals surface area contributed by atoms with Gasteiger partial charge >= 0.3 is 0 Å². The standard InChI is InChI=1S/C12H14ClN3OS2/c1-6(2)5-16-10(13)8(7(3)15-16)4-9-11(17)14-12(18)19-9/h4,6H,5H2,1-3H3,(H,14,17,18)/b9-4-. The number of thiocarbonyl (C=S) groups is 1. The number of carbonyl (C=O) groups is 1. The molecular weight excluding hydrogens is 302 g/mol. The van der Waals surface area contributed by atoms with Crippen LogP contribution in [0.3, 0.4) is 0 Å². The molecule has 0 aliphatic carbocycles. The second-order valence-corrected chi connectivity index (χ2v) is 6.79. The Morgan fingerprint density at radius 3 is 2.79 bits per heavy atom. The minimum atomic E-state index is -0.179. The maximum atomic E-state index is 11.6. The summed E-state index contributed by atoms with van der Waals surface area (Å²) in [7, 11) is 0. The molecule has 1 fully saturated rings. The first-order chi connectivity index (χ1) is 8.88. The van der Waals surface area contributed by atoms with Crippen LogP contribution in [0.4, 0.5) is 0 Å². The maximum Gasteiger partial charge on any atom is 0.263 e. The Hall–Kier alpha value is -0.850. The van der Waals surface area contributed by atoms with Crippen LogP contribution in [-0.4, -0.2) is 20.0 Å². The Morgan fingerprint density at radius 2 is 2.26 bits per heavy atom. The molecule has 7 heteroatoms. The molecule has 0 saturated carbocycles. The van der Waals surface area contributed by atoms with Gasteiger partial charge < -0.3 is 5.32 Å². The number of carbonyl (C=O) groups excluding carboxylic acids is 1. The van der Waals surface area contributed by atoms with Crippen molar-refractivity contribution in [3.05, 3.63) is 21.3 Å². The quantitative estimate of drug-likeness (QED) is 0.688. The number of aryl methyl sites for hydroxylation is 1. The normalized spacial score (nSPS) is 17.6. The van der Waals surface area contributed by atoms with Crippen molar-refractivity contribution in [1.29, 1.82) is 0 Å². The van der Waals surface area contributed by atoms with Crippen LogP contribution in [0.15, 0.2) is 4.91 Å². The van der Waals surface area contributed by atoms with E-state index in [1.165, 1.54) is 11.8 Å². The van der Waals surface area contributed by atoms with Crippen LogP contribution in [0.5, 0.6) is 0 Å². The SMILES string of the molecule is Cc1nn(CC(C)C)c(Cl)c1/C=C1\SC(=S)NC1=O. The molecule has 0 radical (unpaired) electrons. The van der Waals surface area contributed by atoms with E-state index in [9.17, 15) is 4.79 Å². The maximum absolute atomic E-state index is 11.6. The van der Waals surface area contributed by atoms with Gasteiger partial charge in [-0.3, -0.25) is 9.48 Å².